The van der Waals surface area contributed by atoms with E-state index in [-0.39, 0.29) is 36.3 Å². The summed E-state index contributed by atoms with van der Waals surface area (Å²) < 4.78 is 0. The molecule has 2 unspecified atom stereocenters. The van der Waals surface area contributed by atoms with Crippen molar-refractivity contribution in [3.8, 4) is 0 Å². The molecule has 0 radical (unpaired) electrons. The first-order chi connectivity index (χ1) is 11.1. The molecule has 0 saturated carbocycles. The molecule has 0 aliphatic carbocycles. The number of carbonyl (C=O) groups is 2. The summed E-state index contributed by atoms with van der Waals surface area (Å²) in [5.41, 5.74) is 7.09. The largest absolute Gasteiger partial charge is 0.352 e. The minimum absolute atomic E-state index is 0. The Morgan fingerprint density at radius 2 is 2.08 bits per heavy atom. The second kappa shape index (κ2) is 10.6. The predicted octanol–water partition coefficient (Wildman–Crippen LogP) is 2.32. The quantitative estimate of drug-likeness (QED) is 0.771. The van der Waals surface area contributed by atoms with Gasteiger partial charge in [-0.1, -0.05) is 43.7 Å². The van der Waals surface area contributed by atoms with Crippen molar-refractivity contribution >= 4 is 36.0 Å². The molecule has 2 amide bonds. The molecular weight excluding hydrogens is 346 g/mol. The summed E-state index contributed by atoms with van der Waals surface area (Å²) in [6.45, 7) is 2.43. The van der Waals surface area contributed by atoms with Gasteiger partial charge in [-0.2, -0.15) is 0 Å². The summed E-state index contributed by atoms with van der Waals surface area (Å²) in [6, 6.07) is 9.08. The molecule has 2 rings (SSSR count). The smallest absolute Gasteiger partial charge is 0.243 e. The van der Waals surface area contributed by atoms with Crippen molar-refractivity contribution in [2.75, 3.05) is 18.2 Å². The third kappa shape index (κ3) is 5.69. The Hall–Kier alpha value is -1.24. The molecule has 24 heavy (non-hydrogen) atoms. The van der Waals surface area contributed by atoms with Crippen molar-refractivity contribution < 1.29 is 9.59 Å². The second-order valence-electron chi connectivity index (χ2n) is 5.75. The number of halogens is 1. The fourth-order valence-electron chi connectivity index (χ4n) is 2.52. The molecular formula is C17H26ClN3O2S. The Labute approximate surface area is 154 Å². The summed E-state index contributed by atoms with van der Waals surface area (Å²) in [5.74, 6) is 1.23. The number of hydrogen-bond donors (Lipinski definition) is 2. The lowest BCUT2D eigenvalue weighted by Crippen LogP contribution is -2.48. The number of unbranched alkanes of at least 4 members (excludes halogenated alkanes) is 1. The minimum atomic E-state index is -0.368. The maximum atomic E-state index is 12.4. The van der Waals surface area contributed by atoms with Crippen molar-refractivity contribution in [2.45, 2.75) is 38.3 Å². The number of carbonyl (C=O) groups excluding carboxylic acids is 2. The molecule has 134 valence electrons. The van der Waals surface area contributed by atoms with Crippen molar-refractivity contribution in [1.29, 1.82) is 0 Å². The fraction of sp³-hybridized carbons (Fsp3) is 0.529. The number of nitrogens with one attached hydrogen (secondary N) is 1. The second-order valence-corrected chi connectivity index (χ2v) is 6.74. The number of hydrogen-bond acceptors (Lipinski definition) is 4. The van der Waals surface area contributed by atoms with E-state index in [0.29, 0.717) is 24.6 Å². The monoisotopic (exact) mass is 371 g/mol. The Morgan fingerprint density at radius 3 is 2.75 bits per heavy atom. The van der Waals surface area contributed by atoms with Gasteiger partial charge in [0.05, 0.1) is 5.88 Å². The van der Waals surface area contributed by atoms with Gasteiger partial charge in [-0.25, -0.2) is 0 Å². The highest BCUT2D eigenvalue weighted by Crippen LogP contribution is 2.22. The first-order valence-electron chi connectivity index (χ1n) is 8.09. The SMILES string of the molecule is CCCCC(=O)N1CSCC1C(=O)NCC(N)c1ccccc1.Cl. The van der Waals surface area contributed by atoms with Crippen molar-refractivity contribution in [1.82, 2.24) is 10.2 Å². The van der Waals surface area contributed by atoms with Gasteiger partial charge in [-0.3, -0.25) is 9.59 Å². The van der Waals surface area contributed by atoms with Gasteiger partial charge in [0.25, 0.3) is 0 Å². The van der Waals surface area contributed by atoms with Gasteiger partial charge in [-0.05, 0) is 12.0 Å². The summed E-state index contributed by atoms with van der Waals surface area (Å²) >= 11 is 1.62. The summed E-state index contributed by atoms with van der Waals surface area (Å²) in [5, 5.41) is 2.89. The molecule has 3 N–H and O–H groups in total. The van der Waals surface area contributed by atoms with Crippen LogP contribution in [-0.4, -0.2) is 40.9 Å². The number of thioether (sulfide) groups is 1. The molecule has 0 aromatic heterocycles. The van der Waals surface area contributed by atoms with Crippen LogP contribution >= 0.6 is 24.2 Å². The van der Waals surface area contributed by atoms with Gasteiger partial charge in [-0.15, -0.1) is 24.2 Å². The molecule has 1 aliphatic rings. The molecule has 2 atom stereocenters. The Bertz CT molecular complexity index is 530. The minimum Gasteiger partial charge on any atom is -0.352 e. The first-order valence-corrected chi connectivity index (χ1v) is 9.24. The maximum absolute atomic E-state index is 12.4. The molecule has 5 nitrogen and oxygen atoms in total. The van der Waals surface area contributed by atoms with Crippen LogP contribution < -0.4 is 11.1 Å². The zero-order valence-electron chi connectivity index (χ0n) is 13.9. The van der Waals surface area contributed by atoms with Crippen LogP contribution in [0.5, 0.6) is 0 Å². The number of nitrogens with two attached hydrogens (primary N) is 1. The van der Waals surface area contributed by atoms with Gasteiger partial charge < -0.3 is 16.0 Å². The lowest BCUT2D eigenvalue weighted by Gasteiger charge is -2.24. The lowest BCUT2D eigenvalue weighted by atomic mass is 10.1. The van der Waals surface area contributed by atoms with E-state index in [2.05, 4.69) is 12.2 Å². The van der Waals surface area contributed by atoms with Crippen LogP contribution in [0.15, 0.2) is 30.3 Å². The molecule has 0 spiro atoms. The van der Waals surface area contributed by atoms with E-state index in [0.717, 1.165) is 18.4 Å². The Balaban J connectivity index is 0.00000288. The van der Waals surface area contributed by atoms with Crippen molar-refractivity contribution in [3.05, 3.63) is 35.9 Å². The topological polar surface area (TPSA) is 75.4 Å². The summed E-state index contributed by atoms with van der Waals surface area (Å²) in [4.78, 5) is 26.3. The first kappa shape index (κ1) is 20.8. The molecule has 1 aromatic rings. The third-order valence-electron chi connectivity index (χ3n) is 3.97. The molecule has 1 aromatic carbocycles. The zero-order chi connectivity index (χ0) is 16.7. The summed E-state index contributed by atoms with van der Waals surface area (Å²) in [6.07, 6.45) is 2.37. The highest BCUT2D eigenvalue weighted by Gasteiger charge is 2.34. The summed E-state index contributed by atoms with van der Waals surface area (Å²) in [7, 11) is 0. The van der Waals surface area contributed by atoms with Crippen molar-refractivity contribution in [2.24, 2.45) is 5.73 Å². The standard InChI is InChI=1S/C17H25N3O2S.ClH/c1-2-3-9-16(21)20-12-23-11-15(20)17(22)19-10-14(18)13-7-5-4-6-8-13;/h4-8,14-15H,2-3,9-12,18H2,1H3,(H,19,22);1H. The fourth-order valence-corrected chi connectivity index (χ4v) is 3.70. The lowest BCUT2D eigenvalue weighted by molar-refractivity contribution is -0.138. The van der Waals surface area contributed by atoms with Gasteiger partial charge in [0.1, 0.15) is 6.04 Å². The highest BCUT2D eigenvalue weighted by molar-refractivity contribution is 7.99. The van der Waals surface area contributed by atoms with E-state index in [4.69, 9.17) is 5.73 Å². The van der Waals surface area contributed by atoms with E-state index >= 15 is 0 Å². The van der Waals surface area contributed by atoms with Crippen LogP contribution in [0.1, 0.15) is 37.8 Å². The molecule has 1 aliphatic heterocycles. The highest BCUT2D eigenvalue weighted by atomic mass is 35.5. The van der Waals surface area contributed by atoms with E-state index in [9.17, 15) is 9.59 Å². The van der Waals surface area contributed by atoms with Gasteiger partial charge in [0, 0.05) is 24.8 Å². The Kier molecular flexibility index (Phi) is 9.18. The van der Waals surface area contributed by atoms with Crippen LogP contribution in [0, 0.1) is 0 Å². The molecule has 1 saturated heterocycles. The number of nitrogens with zero attached hydrogens (tertiary/aromatic N) is 1. The molecule has 1 fully saturated rings. The number of benzene rings is 1. The molecule has 0 bridgehead atoms. The van der Waals surface area contributed by atoms with E-state index < -0.39 is 0 Å². The van der Waals surface area contributed by atoms with E-state index in [1.807, 2.05) is 30.3 Å². The van der Waals surface area contributed by atoms with Crippen LogP contribution in [0.3, 0.4) is 0 Å². The van der Waals surface area contributed by atoms with Crippen LogP contribution in [-0.2, 0) is 9.59 Å². The van der Waals surface area contributed by atoms with Crippen LogP contribution in [0.4, 0.5) is 0 Å². The van der Waals surface area contributed by atoms with Crippen molar-refractivity contribution in [3.63, 3.8) is 0 Å². The average molecular weight is 372 g/mol. The number of rotatable bonds is 7. The Morgan fingerprint density at radius 1 is 1.38 bits per heavy atom. The van der Waals surface area contributed by atoms with Gasteiger partial charge in [0.15, 0.2) is 0 Å². The third-order valence-corrected chi connectivity index (χ3v) is 4.99. The zero-order valence-corrected chi connectivity index (χ0v) is 15.6. The average Bonchev–Trinajstić information content (AvgIpc) is 3.08. The number of amides is 2. The van der Waals surface area contributed by atoms with Gasteiger partial charge >= 0.3 is 0 Å². The molecule has 7 heteroatoms. The molecule has 1 heterocycles. The van der Waals surface area contributed by atoms with E-state index in [1.54, 1.807) is 16.7 Å². The van der Waals surface area contributed by atoms with Crippen LogP contribution in [0.25, 0.3) is 0 Å². The van der Waals surface area contributed by atoms with Crippen LogP contribution in [0.2, 0.25) is 0 Å². The predicted molar refractivity (Wildman–Crippen MR) is 101 cm³/mol. The maximum Gasteiger partial charge on any atom is 0.243 e. The normalized spacial score (nSPS) is 17.9. The van der Waals surface area contributed by atoms with E-state index in [1.165, 1.54) is 0 Å². The van der Waals surface area contributed by atoms with Gasteiger partial charge in [0.2, 0.25) is 11.8 Å².